The lowest BCUT2D eigenvalue weighted by Gasteiger charge is -2.13. The van der Waals surface area contributed by atoms with E-state index in [0.29, 0.717) is 24.4 Å². The van der Waals surface area contributed by atoms with Crippen LogP contribution in [-0.4, -0.2) is 39.1 Å². The highest BCUT2D eigenvalue weighted by molar-refractivity contribution is 5.93. The highest BCUT2D eigenvalue weighted by Crippen LogP contribution is 2.12. The summed E-state index contributed by atoms with van der Waals surface area (Å²) in [5, 5.41) is 12.2. The van der Waals surface area contributed by atoms with Crippen LogP contribution in [0, 0.1) is 5.92 Å². The van der Waals surface area contributed by atoms with Crippen LogP contribution in [0.1, 0.15) is 16.1 Å². The molecule has 1 atom stereocenters. The fourth-order valence-electron chi connectivity index (χ4n) is 2.35. The number of aliphatic hydroxyl groups excluding tert-OH is 1. The molecule has 128 valence electrons. The molecule has 1 amide bonds. The zero-order chi connectivity index (χ0) is 17.5. The number of pyridine rings is 1. The van der Waals surface area contributed by atoms with Gasteiger partial charge in [0.2, 0.25) is 0 Å². The van der Waals surface area contributed by atoms with Gasteiger partial charge in [0.15, 0.2) is 5.82 Å². The largest absolute Gasteiger partial charge is 0.469 e. The third-order valence-corrected chi connectivity index (χ3v) is 3.73. The number of nitrogens with one attached hydrogen (secondary N) is 1. The summed E-state index contributed by atoms with van der Waals surface area (Å²) in [4.78, 5) is 24.6. The number of furan rings is 1. The first kappa shape index (κ1) is 16.8. The van der Waals surface area contributed by atoms with Crippen molar-refractivity contribution in [1.82, 2.24) is 20.3 Å². The minimum absolute atomic E-state index is 0.0432. The molecule has 3 aromatic rings. The van der Waals surface area contributed by atoms with Crippen molar-refractivity contribution in [2.45, 2.75) is 6.42 Å². The fraction of sp³-hybridized carbons (Fsp3) is 0.222. The monoisotopic (exact) mass is 338 g/mol. The number of aliphatic hydroxyl groups is 1. The second-order valence-corrected chi connectivity index (χ2v) is 5.57. The molecule has 0 spiro atoms. The maximum absolute atomic E-state index is 12.2. The first-order valence-corrected chi connectivity index (χ1v) is 7.90. The lowest BCUT2D eigenvalue weighted by atomic mass is 10.1. The molecule has 7 nitrogen and oxygen atoms in total. The Balaban J connectivity index is 1.57. The van der Waals surface area contributed by atoms with Crippen molar-refractivity contribution in [1.29, 1.82) is 0 Å². The zero-order valence-electron chi connectivity index (χ0n) is 13.5. The van der Waals surface area contributed by atoms with Crippen LogP contribution in [0.3, 0.4) is 0 Å². The third-order valence-electron chi connectivity index (χ3n) is 3.73. The Morgan fingerprint density at radius 3 is 2.60 bits per heavy atom. The van der Waals surface area contributed by atoms with Crippen LogP contribution in [0.15, 0.2) is 59.7 Å². The molecule has 0 aromatic carbocycles. The molecule has 2 N–H and O–H groups in total. The Hall–Kier alpha value is -3.06. The highest BCUT2D eigenvalue weighted by atomic mass is 16.3. The number of carbonyl (C=O) groups excluding carboxylic acids is 1. The van der Waals surface area contributed by atoms with Crippen molar-refractivity contribution in [3.05, 3.63) is 66.6 Å². The van der Waals surface area contributed by atoms with Crippen molar-refractivity contribution in [3.8, 4) is 11.4 Å². The second-order valence-electron chi connectivity index (χ2n) is 5.57. The molecule has 0 saturated carbocycles. The molecule has 0 aliphatic carbocycles. The van der Waals surface area contributed by atoms with E-state index in [9.17, 15) is 9.90 Å². The van der Waals surface area contributed by atoms with Crippen molar-refractivity contribution in [2.75, 3.05) is 13.2 Å². The van der Waals surface area contributed by atoms with E-state index in [-0.39, 0.29) is 18.4 Å². The summed E-state index contributed by atoms with van der Waals surface area (Å²) < 4.78 is 5.26. The van der Waals surface area contributed by atoms with Crippen molar-refractivity contribution < 1.29 is 14.3 Å². The van der Waals surface area contributed by atoms with Gasteiger partial charge in [-0.3, -0.25) is 9.78 Å². The van der Waals surface area contributed by atoms with Crippen molar-refractivity contribution >= 4 is 5.91 Å². The normalized spacial score (nSPS) is 11.9. The topological polar surface area (TPSA) is 101 Å². The first-order chi connectivity index (χ1) is 12.3. The summed E-state index contributed by atoms with van der Waals surface area (Å²) in [5.41, 5.74) is 1.20. The van der Waals surface area contributed by atoms with Crippen molar-refractivity contribution in [3.63, 3.8) is 0 Å². The van der Waals surface area contributed by atoms with E-state index in [0.717, 1.165) is 11.3 Å². The molecule has 0 aliphatic rings. The Kier molecular flexibility index (Phi) is 5.48. The lowest BCUT2D eigenvalue weighted by molar-refractivity contribution is 0.0938. The summed E-state index contributed by atoms with van der Waals surface area (Å²) in [6.45, 7) is 0.292. The van der Waals surface area contributed by atoms with Gasteiger partial charge in [-0.2, -0.15) is 0 Å². The highest BCUT2D eigenvalue weighted by Gasteiger charge is 2.14. The van der Waals surface area contributed by atoms with Crippen LogP contribution in [0.4, 0.5) is 0 Å². The number of carbonyl (C=O) groups is 1. The molecule has 0 unspecified atom stereocenters. The molecule has 3 rings (SSSR count). The fourth-order valence-corrected chi connectivity index (χ4v) is 2.35. The van der Waals surface area contributed by atoms with Gasteiger partial charge >= 0.3 is 0 Å². The minimum atomic E-state index is -0.279. The predicted molar refractivity (Wildman–Crippen MR) is 90.6 cm³/mol. The Morgan fingerprint density at radius 2 is 1.96 bits per heavy atom. The predicted octanol–water partition coefficient (Wildman–Crippen LogP) is 1.71. The van der Waals surface area contributed by atoms with Crippen LogP contribution >= 0.6 is 0 Å². The standard InChI is InChI=1S/C18H18N4O3/c23-12-13(8-16-2-1-7-25-16)9-22-18(24)15-10-20-17(21-11-15)14-3-5-19-6-4-14/h1-7,10-11,13,23H,8-9,12H2,(H,22,24)/t13-/m0/s1. The summed E-state index contributed by atoms with van der Waals surface area (Å²) in [7, 11) is 0. The van der Waals surface area contributed by atoms with Gasteiger partial charge in [-0.15, -0.1) is 0 Å². The molecule has 0 saturated heterocycles. The van der Waals surface area contributed by atoms with Gasteiger partial charge in [0.05, 0.1) is 11.8 Å². The molecule has 0 radical (unpaired) electrons. The average molecular weight is 338 g/mol. The molecule has 3 aromatic heterocycles. The SMILES string of the molecule is O=C(NC[C@@H](CO)Cc1ccco1)c1cnc(-c2ccncc2)nc1. The second kappa shape index (κ2) is 8.16. The van der Waals surface area contributed by atoms with E-state index in [2.05, 4.69) is 20.3 Å². The Labute approximate surface area is 144 Å². The van der Waals surface area contributed by atoms with Gasteiger partial charge in [-0.05, 0) is 24.3 Å². The Morgan fingerprint density at radius 1 is 1.20 bits per heavy atom. The molecule has 0 aliphatic heterocycles. The number of amides is 1. The van der Waals surface area contributed by atoms with E-state index in [1.807, 2.05) is 6.07 Å². The number of aromatic nitrogens is 3. The number of nitrogens with zero attached hydrogens (tertiary/aromatic N) is 3. The van der Waals surface area contributed by atoms with E-state index >= 15 is 0 Å². The van der Waals surface area contributed by atoms with Gasteiger partial charge in [-0.1, -0.05) is 0 Å². The van der Waals surface area contributed by atoms with E-state index in [1.165, 1.54) is 12.4 Å². The van der Waals surface area contributed by atoms with E-state index < -0.39 is 0 Å². The maximum Gasteiger partial charge on any atom is 0.254 e. The van der Waals surface area contributed by atoms with Gasteiger partial charge in [0.1, 0.15) is 5.76 Å². The number of rotatable bonds is 7. The molecular formula is C18H18N4O3. The lowest BCUT2D eigenvalue weighted by Crippen LogP contribution is -2.32. The smallest absolute Gasteiger partial charge is 0.254 e. The van der Waals surface area contributed by atoms with Crippen LogP contribution < -0.4 is 5.32 Å². The molecule has 3 heterocycles. The Bertz CT molecular complexity index is 789. The third kappa shape index (κ3) is 4.48. The van der Waals surface area contributed by atoms with Gasteiger partial charge in [0, 0.05) is 55.8 Å². The van der Waals surface area contributed by atoms with Crippen LogP contribution in [0.2, 0.25) is 0 Å². The molecule has 0 bridgehead atoms. The molecule has 25 heavy (non-hydrogen) atoms. The molecule has 7 heteroatoms. The number of hydrogen-bond acceptors (Lipinski definition) is 6. The quantitative estimate of drug-likeness (QED) is 0.680. The minimum Gasteiger partial charge on any atom is -0.469 e. The number of hydrogen-bond donors (Lipinski definition) is 2. The van der Waals surface area contributed by atoms with Crippen LogP contribution in [-0.2, 0) is 6.42 Å². The zero-order valence-corrected chi connectivity index (χ0v) is 13.5. The van der Waals surface area contributed by atoms with Crippen LogP contribution in [0.5, 0.6) is 0 Å². The first-order valence-electron chi connectivity index (χ1n) is 7.90. The van der Waals surface area contributed by atoms with Crippen molar-refractivity contribution in [2.24, 2.45) is 5.92 Å². The molecular weight excluding hydrogens is 320 g/mol. The summed E-state index contributed by atoms with van der Waals surface area (Å²) in [5.74, 6) is 0.912. The van der Waals surface area contributed by atoms with Gasteiger partial charge in [0.25, 0.3) is 5.91 Å². The van der Waals surface area contributed by atoms with E-state index in [1.54, 1.807) is 36.9 Å². The summed E-state index contributed by atoms with van der Waals surface area (Å²) >= 11 is 0. The van der Waals surface area contributed by atoms with Gasteiger partial charge in [-0.25, -0.2) is 9.97 Å². The van der Waals surface area contributed by atoms with E-state index in [4.69, 9.17) is 4.42 Å². The molecule has 0 fully saturated rings. The average Bonchev–Trinajstić information content (AvgIpc) is 3.19. The van der Waals surface area contributed by atoms with Gasteiger partial charge < -0.3 is 14.8 Å². The summed E-state index contributed by atoms with van der Waals surface area (Å²) in [6, 6.07) is 7.24. The summed E-state index contributed by atoms with van der Waals surface area (Å²) in [6.07, 6.45) is 8.43. The van der Waals surface area contributed by atoms with Crippen LogP contribution in [0.25, 0.3) is 11.4 Å². The maximum atomic E-state index is 12.2.